The minimum atomic E-state index is -0.709. The molecular formula is C38H42N2O5. The van der Waals surface area contributed by atoms with Gasteiger partial charge in [0.05, 0.1) is 13.7 Å². The van der Waals surface area contributed by atoms with E-state index >= 15 is 0 Å². The fourth-order valence-electron chi connectivity index (χ4n) is 4.99. The highest BCUT2D eigenvalue weighted by molar-refractivity contribution is 6.12. The summed E-state index contributed by atoms with van der Waals surface area (Å²) >= 11 is 0. The highest BCUT2D eigenvalue weighted by atomic mass is 16.5. The molecule has 4 aromatic rings. The molecule has 1 amide bonds. The Balaban J connectivity index is 1.38. The van der Waals surface area contributed by atoms with Gasteiger partial charge in [0.1, 0.15) is 11.8 Å². The number of methoxy groups -OCH3 is 1. The van der Waals surface area contributed by atoms with Gasteiger partial charge in [0.15, 0.2) is 5.78 Å². The molecule has 1 N–H and O–H groups in total. The lowest BCUT2D eigenvalue weighted by Crippen LogP contribution is -2.40. The molecule has 1 atom stereocenters. The molecule has 0 aliphatic carbocycles. The fourth-order valence-corrected chi connectivity index (χ4v) is 4.99. The smallest absolute Gasteiger partial charge is 0.328 e. The van der Waals surface area contributed by atoms with Gasteiger partial charge in [-0.2, -0.15) is 0 Å². The predicted octanol–water partition coefficient (Wildman–Crippen LogP) is 7.27. The highest BCUT2D eigenvalue weighted by Crippen LogP contribution is 2.25. The van der Waals surface area contributed by atoms with E-state index in [1.165, 1.54) is 7.11 Å². The standard InChI is InChI=1S/C38H42N2O5/c1-27-13-11-16-30(25-27)40(37(43)38(2,3)4)23-12-24-45-31-21-19-28(20-22-31)26-34(36(42)44-5)39-33-18-10-9-17-32(33)35(41)29-14-7-6-8-15-29/h6-11,13-22,25,34,39H,12,23-24,26H2,1-5H3/t34-/m0/s1. The zero-order valence-corrected chi connectivity index (χ0v) is 26.7. The Morgan fingerprint density at radius 1 is 0.844 bits per heavy atom. The Bertz CT molecular complexity index is 1590. The molecule has 0 spiro atoms. The molecule has 0 aliphatic heterocycles. The topological polar surface area (TPSA) is 84.9 Å². The van der Waals surface area contributed by atoms with Crippen LogP contribution >= 0.6 is 0 Å². The Labute approximate surface area is 266 Å². The van der Waals surface area contributed by atoms with E-state index in [1.54, 1.807) is 30.3 Å². The Morgan fingerprint density at radius 3 is 2.20 bits per heavy atom. The van der Waals surface area contributed by atoms with Crippen LogP contribution in [0.2, 0.25) is 0 Å². The third-order valence-corrected chi connectivity index (χ3v) is 7.38. The molecule has 0 saturated heterocycles. The molecule has 0 saturated carbocycles. The zero-order chi connectivity index (χ0) is 32.4. The molecule has 4 aromatic carbocycles. The predicted molar refractivity (Wildman–Crippen MR) is 179 cm³/mol. The third kappa shape index (κ3) is 9.05. The number of hydrogen-bond acceptors (Lipinski definition) is 6. The van der Waals surface area contributed by atoms with E-state index in [4.69, 9.17) is 9.47 Å². The molecule has 7 heteroatoms. The monoisotopic (exact) mass is 606 g/mol. The summed E-state index contributed by atoms with van der Waals surface area (Å²) in [6.45, 7) is 8.79. The molecule has 0 aliphatic rings. The number of ether oxygens (including phenoxy) is 2. The molecule has 45 heavy (non-hydrogen) atoms. The second kappa shape index (κ2) is 15.2. The van der Waals surface area contributed by atoms with Crippen molar-refractivity contribution in [2.24, 2.45) is 5.41 Å². The third-order valence-electron chi connectivity index (χ3n) is 7.38. The first-order chi connectivity index (χ1) is 21.6. The maximum Gasteiger partial charge on any atom is 0.328 e. The summed E-state index contributed by atoms with van der Waals surface area (Å²) in [5, 5.41) is 3.24. The van der Waals surface area contributed by atoms with Crippen LogP contribution in [-0.4, -0.2) is 44.0 Å². The average molecular weight is 607 g/mol. The molecule has 0 radical (unpaired) electrons. The summed E-state index contributed by atoms with van der Waals surface area (Å²) < 4.78 is 11.1. The number of benzene rings is 4. The van der Waals surface area contributed by atoms with Gasteiger partial charge >= 0.3 is 5.97 Å². The van der Waals surface area contributed by atoms with Gasteiger partial charge in [-0.25, -0.2) is 4.79 Å². The number of carbonyl (C=O) groups excluding carboxylic acids is 3. The van der Waals surface area contributed by atoms with Crippen LogP contribution in [-0.2, 0) is 20.7 Å². The number of nitrogens with zero attached hydrogens (tertiary/aromatic N) is 1. The quantitative estimate of drug-likeness (QED) is 0.0979. The van der Waals surface area contributed by atoms with Gasteiger partial charge in [0.2, 0.25) is 5.91 Å². The molecule has 0 heterocycles. The summed E-state index contributed by atoms with van der Waals surface area (Å²) in [7, 11) is 1.35. The van der Waals surface area contributed by atoms with Crippen molar-refractivity contribution < 1.29 is 23.9 Å². The molecule has 0 fully saturated rings. The van der Waals surface area contributed by atoms with Crippen molar-refractivity contribution >= 4 is 29.0 Å². The van der Waals surface area contributed by atoms with Crippen LogP contribution in [0, 0.1) is 12.3 Å². The van der Waals surface area contributed by atoms with Gasteiger partial charge in [-0.05, 0) is 60.9 Å². The summed E-state index contributed by atoms with van der Waals surface area (Å²) in [5.74, 6) is 0.205. The van der Waals surface area contributed by atoms with Crippen molar-refractivity contribution in [3.8, 4) is 5.75 Å². The largest absolute Gasteiger partial charge is 0.494 e. The van der Waals surface area contributed by atoms with Crippen LogP contribution in [0.4, 0.5) is 11.4 Å². The number of aryl methyl sites for hydroxylation is 1. The Morgan fingerprint density at radius 2 is 1.53 bits per heavy atom. The summed E-state index contributed by atoms with van der Waals surface area (Å²) in [4.78, 5) is 41.0. The first-order valence-electron chi connectivity index (χ1n) is 15.2. The number of amides is 1. The van der Waals surface area contributed by atoms with Crippen LogP contribution in [0.15, 0.2) is 103 Å². The van der Waals surface area contributed by atoms with Crippen LogP contribution in [0.25, 0.3) is 0 Å². The molecule has 7 nitrogen and oxygen atoms in total. The number of rotatable bonds is 13. The molecule has 0 bridgehead atoms. The van der Waals surface area contributed by atoms with E-state index in [1.807, 2.05) is 105 Å². The molecule has 4 rings (SSSR count). The van der Waals surface area contributed by atoms with Gasteiger partial charge in [0.25, 0.3) is 0 Å². The van der Waals surface area contributed by atoms with Crippen LogP contribution in [0.3, 0.4) is 0 Å². The number of hydrogen-bond donors (Lipinski definition) is 1. The van der Waals surface area contributed by atoms with Gasteiger partial charge < -0.3 is 19.7 Å². The van der Waals surface area contributed by atoms with Crippen LogP contribution in [0.5, 0.6) is 5.75 Å². The number of nitrogens with one attached hydrogen (secondary N) is 1. The number of para-hydroxylation sites is 1. The van der Waals surface area contributed by atoms with E-state index < -0.39 is 17.4 Å². The normalized spacial score (nSPS) is 11.8. The van der Waals surface area contributed by atoms with Gasteiger partial charge in [0, 0.05) is 40.9 Å². The van der Waals surface area contributed by atoms with Crippen LogP contribution in [0.1, 0.15) is 54.2 Å². The lowest BCUT2D eigenvalue weighted by atomic mass is 9.94. The molecular weight excluding hydrogens is 564 g/mol. The van der Waals surface area contributed by atoms with E-state index in [0.717, 1.165) is 16.8 Å². The Kier molecular flexibility index (Phi) is 11.1. The SMILES string of the molecule is COC(=O)[C@H](Cc1ccc(OCCCN(C(=O)C(C)(C)C)c2cccc(C)c2)cc1)Nc1ccccc1C(=O)c1ccccc1. The molecule has 0 aromatic heterocycles. The maximum atomic E-state index is 13.2. The van der Waals surface area contributed by atoms with Crippen LogP contribution < -0.4 is 15.0 Å². The number of ketones is 1. The second-order valence-electron chi connectivity index (χ2n) is 12.1. The van der Waals surface area contributed by atoms with E-state index in [0.29, 0.717) is 48.6 Å². The van der Waals surface area contributed by atoms with Crippen molar-refractivity contribution in [1.29, 1.82) is 0 Å². The van der Waals surface area contributed by atoms with Gasteiger partial charge in [-0.15, -0.1) is 0 Å². The van der Waals surface area contributed by atoms with Crippen molar-refractivity contribution in [2.75, 3.05) is 30.5 Å². The lowest BCUT2D eigenvalue weighted by Gasteiger charge is -2.30. The highest BCUT2D eigenvalue weighted by Gasteiger charge is 2.28. The summed E-state index contributed by atoms with van der Waals surface area (Å²) in [6.07, 6.45) is 1.01. The fraction of sp³-hybridized carbons (Fsp3) is 0.289. The average Bonchev–Trinajstić information content (AvgIpc) is 3.04. The first-order valence-corrected chi connectivity index (χ1v) is 15.2. The van der Waals surface area contributed by atoms with Crippen molar-refractivity contribution in [1.82, 2.24) is 0 Å². The molecule has 0 unspecified atom stereocenters. The van der Waals surface area contributed by atoms with E-state index in [2.05, 4.69) is 5.32 Å². The van der Waals surface area contributed by atoms with Crippen molar-refractivity contribution in [3.63, 3.8) is 0 Å². The maximum absolute atomic E-state index is 13.2. The van der Waals surface area contributed by atoms with E-state index in [-0.39, 0.29) is 11.7 Å². The van der Waals surface area contributed by atoms with Crippen molar-refractivity contribution in [2.45, 2.75) is 46.6 Å². The number of esters is 1. The zero-order valence-electron chi connectivity index (χ0n) is 26.7. The minimum absolute atomic E-state index is 0.0678. The number of anilines is 2. The second-order valence-corrected chi connectivity index (χ2v) is 12.1. The first kappa shape index (κ1) is 33.0. The summed E-state index contributed by atoms with van der Waals surface area (Å²) in [5.41, 5.74) is 4.00. The Hall–Kier alpha value is -4.91. The van der Waals surface area contributed by atoms with Gasteiger partial charge in [-0.3, -0.25) is 9.59 Å². The number of carbonyl (C=O) groups is 3. The van der Waals surface area contributed by atoms with Gasteiger partial charge in [-0.1, -0.05) is 87.5 Å². The van der Waals surface area contributed by atoms with Crippen molar-refractivity contribution in [3.05, 3.63) is 125 Å². The van der Waals surface area contributed by atoms with E-state index in [9.17, 15) is 14.4 Å². The minimum Gasteiger partial charge on any atom is -0.494 e. The summed E-state index contributed by atoms with van der Waals surface area (Å²) in [6, 6.07) is 31.0. The lowest BCUT2D eigenvalue weighted by molar-refractivity contribution is -0.141. The molecule has 234 valence electrons.